The maximum Gasteiger partial charge on any atom is 0.333 e. The van der Waals surface area contributed by atoms with Crippen LogP contribution < -0.4 is 4.89 Å². The van der Waals surface area contributed by atoms with Crippen molar-refractivity contribution in [2.24, 2.45) is 0 Å². The van der Waals surface area contributed by atoms with Crippen molar-refractivity contribution in [3.05, 3.63) is 12.2 Å². The number of carbonyl (C=O) groups excluding carboxylic acids is 1. The van der Waals surface area contributed by atoms with E-state index in [1.54, 1.807) is 0 Å². The number of esters is 1. The number of rotatable bonds is 8. The zero-order valence-corrected chi connectivity index (χ0v) is 12.4. The van der Waals surface area contributed by atoms with Gasteiger partial charge in [-0.1, -0.05) is 6.58 Å². The molecule has 0 bridgehead atoms. The zero-order chi connectivity index (χ0) is 14.4. The summed E-state index contributed by atoms with van der Waals surface area (Å²) in [4.78, 5) is 22.5. The molecule has 0 saturated heterocycles. The van der Waals surface area contributed by atoms with Gasteiger partial charge in [0.15, 0.2) is 0 Å². The van der Waals surface area contributed by atoms with Gasteiger partial charge in [-0.25, -0.2) is 4.79 Å². The van der Waals surface area contributed by atoms with Gasteiger partial charge in [-0.15, -0.1) is 0 Å². The van der Waals surface area contributed by atoms with Crippen LogP contribution in [-0.2, 0) is 18.6 Å². The first kappa shape index (κ1) is 17.3. The van der Waals surface area contributed by atoms with Crippen LogP contribution in [0.15, 0.2) is 12.2 Å². The molecule has 0 aromatic rings. The average molecular weight is 279 g/mol. The van der Waals surface area contributed by atoms with Gasteiger partial charge in [0.25, 0.3) is 0 Å². The largest absolute Gasteiger partial charge is 0.778 e. The fraction of sp³-hybridized carbons (Fsp3) is 0.727. The molecule has 0 heterocycles. The van der Waals surface area contributed by atoms with Gasteiger partial charge in [-0.3, -0.25) is 0 Å². The first-order valence-corrected chi connectivity index (χ1v) is 7.34. The van der Waals surface area contributed by atoms with Crippen molar-refractivity contribution >= 4 is 13.6 Å². The molecule has 0 aromatic carbocycles. The molecule has 0 amide bonds. The lowest BCUT2D eigenvalue weighted by molar-refractivity contribution is -0.868. The van der Waals surface area contributed by atoms with Gasteiger partial charge in [-0.05, 0) is 6.92 Å². The molecule has 0 radical (unpaired) electrons. The number of ether oxygens (including phenoxy) is 1. The number of hydrogen-bond donors (Lipinski definition) is 0. The molecule has 1 atom stereocenters. The molecule has 0 saturated carbocycles. The fourth-order valence-electron chi connectivity index (χ4n) is 0.921. The molecule has 0 aliphatic rings. The summed E-state index contributed by atoms with van der Waals surface area (Å²) in [7, 11) is 1.84. The number of nitrogens with zero attached hydrogens (tertiary/aromatic N) is 1. The normalized spacial score (nSPS) is 14.9. The second-order valence-electron chi connectivity index (χ2n) is 5.10. The molecular weight excluding hydrogens is 257 g/mol. The van der Waals surface area contributed by atoms with E-state index in [0.717, 1.165) is 0 Å². The summed E-state index contributed by atoms with van der Waals surface area (Å²) < 4.78 is 21.5. The lowest BCUT2D eigenvalue weighted by Gasteiger charge is -2.29. The van der Waals surface area contributed by atoms with E-state index in [0.29, 0.717) is 11.0 Å². The van der Waals surface area contributed by atoms with E-state index in [9.17, 15) is 14.3 Å². The average Bonchev–Trinajstić information content (AvgIpc) is 2.20. The summed E-state index contributed by atoms with van der Waals surface area (Å²) >= 11 is 0. The van der Waals surface area contributed by atoms with Gasteiger partial charge in [0, 0.05) is 5.57 Å². The van der Waals surface area contributed by atoms with Crippen LogP contribution in [0.5, 0.6) is 0 Å². The summed E-state index contributed by atoms with van der Waals surface area (Å²) in [6.45, 7) is 5.14. The van der Waals surface area contributed by atoms with Crippen molar-refractivity contribution in [3.8, 4) is 0 Å². The molecule has 0 N–H and O–H groups in total. The quantitative estimate of drug-likeness (QED) is 0.211. The molecule has 0 rings (SSSR count). The minimum absolute atomic E-state index is 0.0368. The van der Waals surface area contributed by atoms with E-state index in [4.69, 9.17) is 9.26 Å². The Morgan fingerprint density at radius 1 is 1.33 bits per heavy atom. The summed E-state index contributed by atoms with van der Waals surface area (Å²) in [6.07, 6.45) is -0.0368. The van der Waals surface area contributed by atoms with Gasteiger partial charge in [-0.2, -0.15) is 0 Å². The molecule has 0 aromatic heterocycles. The molecule has 106 valence electrons. The molecule has 0 fully saturated rings. The summed E-state index contributed by atoms with van der Waals surface area (Å²) in [5.41, 5.74) is 0.269. The summed E-state index contributed by atoms with van der Waals surface area (Å²) in [6, 6.07) is 0. The Morgan fingerprint density at radius 3 is 2.33 bits per heavy atom. The highest BCUT2D eigenvalue weighted by Gasteiger charge is 2.15. The lowest BCUT2D eigenvalue weighted by Crippen LogP contribution is -2.38. The summed E-state index contributed by atoms with van der Waals surface area (Å²) in [5.74, 6) is -0.550. The molecular formula is C11H22NO5P. The Morgan fingerprint density at radius 2 is 1.89 bits per heavy atom. The predicted octanol–water partition coefficient (Wildman–Crippen LogP) is 0.382. The highest BCUT2D eigenvalue weighted by atomic mass is 31.2. The van der Waals surface area contributed by atoms with Crippen LogP contribution in [0.2, 0.25) is 0 Å². The second kappa shape index (κ2) is 7.04. The summed E-state index contributed by atoms with van der Waals surface area (Å²) in [5, 5.41) is 0. The molecule has 18 heavy (non-hydrogen) atoms. The highest BCUT2D eigenvalue weighted by Crippen LogP contribution is 2.36. The van der Waals surface area contributed by atoms with Crippen LogP contribution in [0.3, 0.4) is 0 Å². The van der Waals surface area contributed by atoms with Crippen LogP contribution in [0, 0.1) is 0 Å². The van der Waals surface area contributed by atoms with Crippen LogP contribution in [0.4, 0.5) is 0 Å². The Kier molecular flexibility index (Phi) is 6.78. The molecule has 0 spiro atoms. The Bertz CT molecular complexity index is 348. The van der Waals surface area contributed by atoms with E-state index in [1.807, 2.05) is 21.1 Å². The smallest absolute Gasteiger partial charge is 0.333 e. The number of quaternary nitrogens is 1. The second-order valence-corrected chi connectivity index (χ2v) is 7.03. The van der Waals surface area contributed by atoms with E-state index in [2.05, 4.69) is 6.58 Å². The first-order valence-electron chi connectivity index (χ1n) is 5.61. The Balaban J connectivity index is 3.88. The SMILES string of the molecule is C=C(C)C(=O)OCCOP(=O)([O-])CC[N+](C)(C)C. The van der Waals surface area contributed by atoms with Crippen molar-refractivity contribution in [3.63, 3.8) is 0 Å². The fourth-order valence-corrected chi connectivity index (χ4v) is 2.25. The number of carbonyl (C=O) groups is 1. The van der Waals surface area contributed by atoms with E-state index < -0.39 is 13.6 Å². The van der Waals surface area contributed by atoms with Crippen LogP contribution in [0.1, 0.15) is 6.92 Å². The Labute approximate surface area is 108 Å². The van der Waals surface area contributed by atoms with Gasteiger partial charge in [0.1, 0.15) is 14.2 Å². The molecule has 7 heteroatoms. The van der Waals surface area contributed by atoms with Crippen LogP contribution in [-0.4, -0.2) is 57.5 Å². The first-order chi connectivity index (χ1) is 8.03. The maximum atomic E-state index is 11.5. The van der Waals surface area contributed by atoms with Gasteiger partial charge in [0.05, 0.1) is 40.5 Å². The van der Waals surface area contributed by atoms with Gasteiger partial charge in [0.2, 0.25) is 0 Å². The zero-order valence-electron chi connectivity index (χ0n) is 11.5. The number of hydrogen-bond acceptors (Lipinski definition) is 5. The van der Waals surface area contributed by atoms with Gasteiger partial charge < -0.3 is 23.2 Å². The standard InChI is InChI=1S/C11H22NO5P/c1-10(2)11(13)16-7-8-17-18(14,15)9-6-12(3,4)5/h1,6-9H2,2-5H3. The third-order valence-corrected chi connectivity index (χ3v) is 3.32. The van der Waals surface area contributed by atoms with Gasteiger partial charge >= 0.3 is 5.97 Å². The van der Waals surface area contributed by atoms with Crippen LogP contribution >= 0.6 is 7.60 Å². The highest BCUT2D eigenvalue weighted by molar-refractivity contribution is 7.51. The van der Waals surface area contributed by atoms with Crippen molar-refractivity contribution in [1.29, 1.82) is 0 Å². The van der Waals surface area contributed by atoms with Crippen molar-refractivity contribution in [2.45, 2.75) is 6.92 Å². The lowest BCUT2D eigenvalue weighted by atomic mass is 10.4. The van der Waals surface area contributed by atoms with Crippen molar-refractivity contribution in [2.75, 3.05) is 47.1 Å². The monoisotopic (exact) mass is 279 g/mol. The third-order valence-electron chi connectivity index (χ3n) is 2.00. The van der Waals surface area contributed by atoms with E-state index in [-0.39, 0.29) is 24.9 Å². The van der Waals surface area contributed by atoms with Crippen molar-refractivity contribution in [1.82, 2.24) is 0 Å². The van der Waals surface area contributed by atoms with Crippen molar-refractivity contribution < 1.29 is 28.0 Å². The molecule has 6 nitrogen and oxygen atoms in total. The topological polar surface area (TPSA) is 75.7 Å². The predicted molar refractivity (Wildman–Crippen MR) is 67.1 cm³/mol. The molecule has 0 aliphatic heterocycles. The third kappa shape index (κ3) is 9.36. The molecule has 1 unspecified atom stereocenters. The Hall–Kier alpha value is -0.680. The molecule has 0 aliphatic carbocycles. The maximum absolute atomic E-state index is 11.5. The van der Waals surface area contributed by atoms with E-state index in [1.165, 1.54) is 6.92 Å². The minimum atomic E-state index is -3.85. The minimum Gasteiger partial charge on any atom is -0.778 e. The van der Waals surface area contributed by atoms with E-state index >= 15 is 0 Å². The van der Waals surface area contributed by atoms with Crippen LogP contribution in [0.25, 0.3) is 0 Å².